The van der Waals surface area contributed by atoms with Crippen molar-refractivity contribution < 1.29 is 4.74 Å². The zero-order chi connectivity index (χ0) is 12.1. The second-order valence-corrected chi connectivity index (χ2v) is 4.59. The summed E-state index contributed by atoms with van der Waals surface area (Å²) in [6, 6.07) is 15.8. The van der Waals surface area contributed by atoms with Gasteiger partial charge in [0, 0.05) is 10.6 Å². The number of hydrogen-bond donors (Lipinski definition) is 1. The van der Waals surface area contributed by atoms with Crippen LogP contribution < -0.4 is 10.5 Å². The fourth-order valence-electron chi connectivity index (χ4n) is 1.45. The molecule has 0 aliphatic rings. The van der Waals surface area contributed by atoms with Crippen LogP contribution in [0.2, 0.25) is 0 Å². The number of nitrogens with two attached hydrogens (primary N) is 1. The smallest absolute Gasteiger partial charge is 0.119 e. The molecule has 0 aliphatic carbocycles. The molecular formula is C14H15NOS. The second-order valence-electron chi connectivity index (χ2n) is 3.71. The van der Waals surface area contributed by atoms with E-state index in [1.54, 1.807) is 11.8 Å². The summed E-state index contributed by atoms with van der Waals surface area (Å²) in [5.74, 6) is 0.841. The summed E-state index contributed by atoms with van der Waals surface area (Å²) in [6.45, 7) is 0.582. The lowest BCUT2D eigenvalue weighted by Gasteiger charge is -2.07. The van der Waals surface area contributed by atoms with Crippen LogP contribution in [-0.4, -0.2) is 6.26 Å². The molecule has 0 saturated carbocycles. The molecule has 0 aliphatic heterocycles. The normalized spacial score (nSPS) is 10.2. The van der Waals surface area contributed by atoms with E-state index in [9.17, 15) is 0 Å². The van der Waals surface area contributed by atoms with E-state index in [4.69, 9.17) is 10.5 Å². The van der Waals surface area contributed by atoms with Crippen molar-refractivity contribution in [2.24, 2.45) is 0 Å². The van der Waals surface area contributed by atoms with Crippen molar-refractivity contribution in [2.75, 3.05) is 12.0 Å². The van der Waals surface area contributed by atoms with Crippen LogP contribution in [0.4, 0.5) is 5.69 Å². The van der Waals surface area contributed by atoms with Gasteiger partial charge >= 0.3 is 0 Å². The van der Waals surface area contributed by atoms with Gasteiger partial charge in [-0.15, -0.1) is 11.8 Å². The fourth-order valence-corrected chi connectivity index (χ4v) is 1.86. The van der Waals surface area contributed by atoms with Crippen molar-refractivity contribution in [1.29, 1.82) is 0 Å². The van der Waals surface area contributed by atoms with Gasteiger partial charge in [0.2, 0.25) is 0 Å². The van der Waals surface area contributed by atoms with Crippen LogP contribution in [0, 0.1) is 0 Å². The number of ether oxygens (including phenoxy) is 1. The highest BCUT2D eigenvalue weighted by Crippen LogP contribution is 2.17. The highest BCUT2D eigenvalue weighted by Gasteiger charge is 1.96. The molecule has 0 aromatic heterocycles. The lowest BCUT2D eigenvalue weighted by molar-refractivity contribution is 0.306. The van der Waals surface area contributed by atoms with Crippen LogP contribution >= 0.6 is 11.8 Å². The lowest BCUT2D eigenvalue weighted by Crippen LogP contribution is -1.95. The van der Waals surface area contributed by atoms with E-state index >= 15 is 0 Å². The van der Waals surface area contributed by atoms with Crippen molar-refractivity contribution in [3.05, 3.63) is 54.1 Å². The molecule has 0 atom stereocenters. The molecule has 2 aromatic rings. The van der Waals surface area contributed by atoms with Crippen molar-refractivity contribution in [3.63, 3.8) is 0 Å². The molecule has 0 spiro atoms. The summed E-state index contributed by atoms with van der Waals surface area (Å²) < 4.78 is 5.66. The minimum atomic E-state index is 0.582. The van der Waals surface area contributed by atoms with E-state index in [1.807, 2.05) is 24.3 Å². The van der Waals surface area contributed by atoms with Crippen LogP contribution in [-0.2, 0) is 6.61 Å². The van der Waals surface area contributed by atoms with Crippen LogP contribution in [0.15, 0.2) is 53.4 Å². The maximum Gasteiger partial charge on any atom is 0.119 e. The van der Waals surface area contributed by atoms with Gasteiger partial charge in [0.1, 0.15) is 12.4 Å². The largest absolute Gasteiger partial charge is 0.489 e. The third-order valence-electron chi connectivity index (χ3n) is 2.44. The minimum Gasteiger partial charge on any atom is -0.489 e. The second kappa shape index (κ2) is 5.64. The number of benzene rings is 2. The van der Waals surface area contributed by atoms with E-state index in [-0.39, 0.29) is 0 Å². The molecule has 17 heavy (non-hydrogen) atoms. The molecule has 2 rings (SSSR count). The molecule has 2 N–H and O–H groups in total. The van der Waals surface area contributed by atoms with E-state index < -0.39 is 0 Å². The number of nitrogen functional groups attached to an aromatic ring is 1. The highest BCUT2D eigenvalue weighted by molar-refractivity contribution is 7.98. The number of rotatable bonds is 4. The summed E-state index contributed by atoms with van der Waals surface area (Å²) in [6.07, 6.45) is 2.07. The predicted octanol–water partition coefficient (Wildman–Crippen LogP) is 3.57. The molecule has 3 heteroatoms. The molecule has 0 saturated heterocycles. The lowest BCUT2D eigenvalue weighted by atomic mass is 10.2. The van der Waals surface area contributed by atoms with Gasteiger partial charge in [0.05, 0.1) is 0 Å². The molecule has 88 valence electrons. The maximum atomic E-state index is 5.66. The first-order valence-electron chi connectivity index (χ1n) is 5.39. The van der Waals surface area contributed by atoms with Crippen LogP contribution in [0.1, 0.15) is 5.56 Å². The molecular weight excluding hydrogens is 230 g/mol. The van der Waals surface area contributed by atoms with Gasteiger partial charge in [-0.25, -0.2) is 0 Å². The molecule has 0 amide bonds. The molecule has 0 bridgehead atoms. The molecule has 0 heterocycles. The Morgan fingerprint density at radius 2 is 1.65 bits per heavy atom. The Morgan fingerprint density at radius 1 is 1.00 bits per heavy atom. The number of anilines is 1. The van der Waals surface area contributed by atoms with Crippen LogP contribution in [0.25, 0.3) is 0 Å². The van der Waals surface area contributed by atoms with E-state index in [0.29, 0.717) is 6.61 Å². The summed E-state index contributed by atoms with van der Waals surface area (Å²) in [5, 5.41) is 0. The Kier molecular flexibility index (Phi) is 3.94. The van der Waals surface area contributed by atoms with E-state index in [2.05, 4.69) is 30.5 Å². The van der Waals surface area contributed by atoms with Gasteiger partial charge in [0.25, 0.3) is 0 Å². The van der Waals surface area contributed by atoms with Crippen LogP contribution in [0.5, 0.6) is 5.75 Å². The summed E-state index contributed by atoms with van der Waals surface area (Å²) >= 11 is 1.74. The first-order valence-corrected chi connectivity index (χ1v) is 6.61. The monoisotopic (exact) mass is 245 g/mol. The Balaban J connectivity index is 1.95. The topological polar surface area (TPSA) is 35.2 Å². The molecule has 0 radical (unpaired) electrons. The molecule has 2 nitrogen and oxygen atoms in total. The fraction of sp³-hybridized carbons (Fsp3) is 0.143. The van der Waals surface area contributed by atoms with E-state index in [0.717, 1.165) is 11.4 Å². The first kappa shape index (κ1) is 11.9. The van der Waals surface area contributed by atoms with Crippen molar-refractivity contribution in [2.45, 2.75) is 11.5 Å². The summed E-state index contributed by atoms with van der Waals surface area (Å²) in [7, 11) is 0. The Morgan fingerprint density at radius 3 is 2.24 bits per heavy atom. The van der Waals surface area contributed by atoms with Gasteiger partial charge in [-0.05, 0) is 48.2 Å². The van der Waals surface area contributed by atoms with Gasteiger partial charge in [-0.2, -0.15) is 0 Å². The minimum absolute atomic E-state index is 0.582. The first-order chi connectivity index (χ1) is 8.28. The third kappa shape index (κ3) is 3.43. The zero-order valence-corrected chi connectivity index (χ0v) is 10.5. The van der Waals surface area contributed by atoms with E-state index in [1.165, 1.54) is 10.5 Å². The van der Waals surface area contributed by atoms with Gasteiger partial charge in [-0.3, -0.25) is 0 Å². The average Bonchev–Trinajstić information content (AvgIpc) is 2.39. The summed E-state index contributed by atoms with van der Waals surface area (Å²) in [5.41, 5.74) is 7.53. The summed E-state index contributed by atoms with van der Waals surface area (Å²) in [4.78, 5) is 1.27. The average molecular weight is 245 g/mol. The highest BCUT2D eigenvalue weighted by atomic mass is 32.2. The molecule has 0 unspecified atom stereocenters. The maximum absolute atomic E-state index is 5.66. The van der Waals surface area contributed by atoms with Crippen molar-refractivity contribution in [1.82, 2.24) is 0 Å². The predicted molar refractivity (Wildman–Crippen MR) is 73.4 cm³/mol. The third-order valence-corrected chi connectivity index (χ3v) is 3.19. The SMILES string of the molecule is CSc1ccc(COc2ccc(N)cc2)cc1. The van der Waals surface area contributed by atoms with Gasteiger partial charge < -0.3 is 10.5 Å². The Bertz CT molecular complexity index is 465. The van der Waals surface area contributed by atoms with Gasteiger partial charge in [0.15, 0.2) is 0 Å². The Labute approximate surface area is 106 Å². The van der Waals surface area contributed by atoms with Crippen LogP contribution in [0.3, 0.4) is 0 Å². The van der Waals surface area contributed by atoms with Crippen molar-refractivity contribution >= 4 is 17.4 Å². The molecule has 2 aromatic carbocycles. The number of thioether (sulfide) groups is 1. The van der Waals surface area contributed by atoms with Crippen molar-refractivity contribution in [3.8, 4) is 5.75 Å². The quantitative estimate of drug-likeness (QED) is 0.660. The standard InChI is InChI=1S/C14H15NOS/c1-17-14-8-2-11(3-9-14)10-16-13-6-4-12(15)5-7-13/h2-9H,10,15H2,1H3. The molecule has 0 fully saturated rings. The number of hydrogen-bond acceptors (Lipinski definition) is 3. The Hall–Kier alpha value is -1.61. The van der Waals surface area contributed by atoms with Gasteiger partial charge in [-0.1, -0.05) is 12.1 Å². The zero-order valence-electron chi connectivity index (χ0n) is 9.72.